The number of carbonyl (C=O) groups is 1. The molecule has 5 nitrogen and oxygen atoms in total. The zero-order valence-electron chi connectivity index (χ0n) is 8.62. The van der Waals surface area contributed by atoms with Crippen LogP contribution in [-0.4, -0.2) is 27.9 Å². The standard InChI is InChI=1S/C9H14N4OS/c1-2-3-7-12-9(15-13-7)11-6-4-8(14)10-5-6/h6H,2-5H2,1H3,(H,10,14)(H,11,12,13). The number of amides is 1. The minimum Gasteiger partial charge on any atom is -0.355 e. The molecule has 0 aliphatic carbocycles. The molecule has 1 atom stereocenters. The summed E-state index contributed by atoms with van der Waals surface area (Å²) in [7, 11) is 0. The van der Waals surface area contributed by atoms with Gasteiger partial charge in [-0.25, -0.2) is 4.98 Å². The monoisotopic (exact) mass is 226 g/mol. The highest BCUT2D eigenvalue weighted by Crippen LogP contribution is 2.15. The smallest absolute Gasteiger partial charge is 0.222 e. The van der Waals surface area contributed by atoms with Crippen molar-refractivity contribution in [1.29, 1.82) is 0 Å². The Labute approximate surface area is 92.5 Å². The summed E-state index contributed by atoms with van der Waals surface area (Å²) in [5.41, 5.74) is 0. The third-order valence-corrected chi connectivity index (χ3v) is 2.93. The molecule has 6 heteroatoms. The normalized spacial score (nSPS) is 20.3. The summed E-state index contributed by atoms with van der Waals surface area (Å²) in [4.78, 5) is 15.3. The number of carbonyl (C=O) groups excluding carboxylic acids is 1. The second-order valence-corrected chi connectivity index (χ2v) is 4.37. The van der Waals surface area contributed by atoms with Gasteiger partial charge in [0.25, 0.3) is 0 Å². The predicted molar refractivity (Wildman–Crippen MR) is 58.9 cm³/mol. The lowest BCUT2D eigenvalue weighted by Gasteiger charge is -2.06. The van der Waals surface area contributed by atoms with E-state index in [-0.39, 0.29) is 11.9 Å². The summed E-state index contributed by atoms with van der Waals surface area (Å²) < 4.78 is 4.23. The Morgan fingerprint density at radius 1 is 1.67 bits per heavy atom. The van der Waals surface area contributed by atoms with E-state index in [1.165, 1.54) is 11.5 Å². The zero-order chi connectivity index (χ0) is 10.7. The van der Waals surface area contributed by atoms with Gasteiger partial charge in [0.05, 0.1) is 6.04 Å². The molecule has 1 fully saturated rings. The Balaban J connectivity index is 1.90. The van der Waals surface area contributed by atoms with Crippen LogP contribution in [0.4, 0.5) is 5.13 Å². The first-order valence-corrected chi connectivity index (χ1v) is 5.91. The SMILES string of the molecule is CCCc1nsc(NC2CNC(=O)C2)n1. The van der Waals surface area contributed by atoms with Crippen LogP contribution in [0.2, 0.25) is 0 Å². The van der Waals surface area contributed by atoms with Crippen LogP contribution in [-0.2, 0) is 11.2 Å². The molecule has 0 saturated carbocycles. The maximum Gasteiger partial charge on any atom is 0.222 e. The molecule has 1 unspecified atom stereocenters. The summed E-state index contributed by atoms with van der Waals surface area (Å²) in [5.74, 6) is 0.994. The van der Waals surface area contributed by atoms with Gasteiger partial charge in [0, 0.05) is 30.9 Å². The van der Waals surface area contributed by atoms with Gasteiger partial charge in [-0.3, -0.25) is 4.79 Å². The van der Waals surface area contributed by atoms with E-state index in [4.69, 9.17) is 0 Å². The number of anilines is 1. The average molecular weight is 226 g/mol. The van der Waals surface area contributed by atoms with Crippen molar-refractivity contribution in [3.05, 3.63) is 5.82 Å². The molecule has 0 spiro atoms. The molecule has 2 rings (SSSR count). The van der Waals surface area contributed by atoms with E-state index in [0.29, 0.717) is 13.0 Å². The van der Waals surface area contributed by atoms with Gasteiger partial charge in [0.1, 0.15) is 5.82 Å². The van der Waals surface area contributed by atoms with Gasteiger partial charge in [0.2, 0.25) is 11.0 Å². The second-order valence-electron chi connectivity index (χ2n) is 3.62. The van der Waals surface area contributed by atoms with E-state index in [1.807, 2.05) is 0 Å². The Kier molecular flexibility index (Phi) is 3.15. The van der Waals surface area contributed by atoms with Crippen LogP contribution in [0.1, 0.15) is 25.6 Å². The molecule has 1 aromatic heterocycles. The molecule has 0 radical (unpaired) electrons. The number of aromatic nitrogens is 2. The van der Waals surface area contributed by atoms with Gasteiger partial charge < -0.3 is 10.6 Å². The summed E-state index contributed by atoms with van der Waals surface area (Å²) in [5, 5.41) is 6.81. The number of nitrogens with zero attached hydrogens (tertiary/aromatic N) is 2. The molecule has 1 aliphatic heterocycles. The van der Waals surface area contributed by atoms with Crippen molar-refractivity contribution in [3.63, 3.8) is 0 Å². The molecular formula is C9H14N4OS. The first kappa shape index (κ1) is 10.4. The lowest BCUT2D eigenvalue weighted by molar-refractivity contribution is -0.119. The maximum absolute atomic E-state index is 11.0. The lowest BCUT2D eigenvalue weighted by Crippen LogP contribution is -2.22. The number of rotatable bonds is 4. The Hall–Kier alpha value is -1.17. The van der Waals surface area contributed by atoms with Gasteiger partial charge >= 0.3 is 0 Å². The average Bonchev–Trinajstić information content (AvgIpc) is 2.78. The van der Waals surface area contributed by atoms with Crippen molar-refractivity contribution in [3.8, 4) is 0 Å². The van der Waals surface area contributed by atoms with Crippen molar-refractivity contribution in [2.75, 3.05) is 11.9 Å². The first-order valence-electron chi connectivity index (χ1n) is 5.13. The lowest BCUT2D eigenvalue weighted by atomic mass is 10.3. The highest BCUT2D eigenvalue weighted by atomic mass is 32.1. The topological polar surface area (TPSA) is 66.9 Å². The summed E-state index contributed by atoms with van der Waals surface area (Å²) in [6.07, 6.45) is 2.50. The molecule has 1 aliphatic rings. The quantitative estimate of drug-likeness (QED) is 0.796. The number of hydrogen-bond donors (Lipinski definition) is 2. The minimum absolute atomic E-state index is 0.103. The van der Waals surface area contributed by atoms with E-state index >= 15 is 0 Å². The van der Waals surface area contributed by atoms with Crippen LogP contribution in [0.15, 0.2) is 0 Å². The van der Waals surface area contributed by atoms with Crippen LogP contribution >= 0.6 is 11.5 Å². The van der Waals surface area contributed by atoms with Crippen molar-refractivity contribution in [1.82, 2.24) is 14.7 Å². The molecule has 2 heterocycles. The molecule has 1 aromatic rings. The van der Waals surface area contributed by atoms with E-state index in [1.54, 1.807) is 0 Å². The Morgan fingerprint density at radius 3 is 3.20 bits per heavy atom. The maximum atomic E-state index is 11.0. The summed E-state index contributed by atoms with van der Waals surface area (Å²) in [6, 6.07) is 0.167. The highest BCUT2D eigenvalue weighted by Gasteiger charge is 2.21. The molecular weight excluding hydrogens is 212 g/mol. The minimum atomic E-state index is 0.103. The summed E-state index contributed by atoms with van der Waals surface area (Å²) >= 11 is 1.37. The Bertz CT molecular complexity index is 352. The fourth-order valence-electron chi connectivity index (χ4n) is 1.52. The molecule has 2 N–H and O–H groups in total. The van der Waals surface area contributed by atoms with Gasteiger partial charge in [-0.15, -0.1) is 0 Å². The molecule has 82 valence electrons. The first-order chi connectivity index (χ1) is 7.28. The zero-order valence-corrected chi connectivity index (χ0v) is 9.43. The number of hydrogen-bond acceptors (Lipinski definition) is 5. The van der Waals surface area contributed by atoms with E-state index in [0.717, 1.165) is 23.8 Å². The molecule has 0 aromatic carbocycles. The Morgan fingerprint density at radius 2 is 2.53 bits per heavy atom. The highest BCUT2D eigenvalue weighted by molar-refractivity contribution is 7.09. The molecule has 0 bridgehead atoms. The van der Waals surface area contributed by atoms with Gasteiger partial charge in [-0.2, -0.15) is 4.37 Å². The number of aryl methyl sites for hydroxylation is 1. The summed E-state index contributed by atoms with van der Waals surface area (Å²) in [6.45, 7) is 2.79. The van der Waals surface area contributed by atoms with Crippen LogP contribution in [0.5, 0.6) is 0 Å². The largest absolute Gasteiger partial charge is 0.355 e. The second kappa shape index (κ2) is 4.57. The third kappa shape index (κ3) is 2.65. The van der Waals surface area contributed by atoms with Crippen LogP contribution < -0.4 is 10.6 Å². The number of nitrogens with one attached hydrogen (secondary N) is 2. The van der Waals surface area contributed by atoms with Crippen molar-refractivity contribution in [2.24, 2.45) is 0 Å². The van der Waals surface area contributed by atoms with Crippen molar-refractivity contribution in [2.45, 2.75) is 32.2 Å². The fraction of sp³-hybridized carbons (Fsp3) is 0.667. The third-order valence-electron chi connectivity index (χ3n) is 2.25. The van der Waals surface area contributed by atoms with Crippen LogP contribution in [0, 0.1) is 0 Å². The van der Waals surface area contributed by atoms with E-state index in [9.17, 15) is 4.79 Å². The molecule has 15 heavy (non-hydrogen) atoms. The van der Waals surface area contributed by atoms with Crippen molar-refractivity contribution < 1.29 is 4.79 Å². The van der Waals surface area contributed by atoms with Gasteiger partial charge in [-0.05, 0) is 6.42 Å². The van der Waals surface area contributed by atoms with Gasteiger partial charge in [-0.1, -0.05) is 6.92 Å². The van der Waals surface area contributed by atoms with Crippen LogP contribution in [0.25, 0.3) is 0 Å². The predicted octanol–water partition coefficient (Wildman–Crippen LogP) is 0.791. The molecule has 1 saturated heterocycles. The van der Waals surface area contributed by atoms with Crippen molar-refractivity contribution >= 4 is 22.6 Å². The fourth-order valence-corrected chi connectivity index (χ4v) is 2.21. The van der Waals surface area contributed by atoms with E-state index < -0.39 is 0 Å². The van der Waals surface area contributed by atoms with Crippen LogP contribution in [0.3, 0.4) is 0 Å². The molecule has 1 amide bonds. The van der Waals surface area contributed by atoms with E-state index in [2.05, 4.69) is 26.9 Å². The van der Waals surface area contributed by atoms with Gasteiger partial charge in [0.15, 0.2) is 0 Å².